The Labute approximate surface area is 138 Å². The van der Waals surface area contributed by atoms with Gasteiger partial charge in [0, 0.05) is 17.7 Å². The number of benzene rings is 2. The number of rotatable bonds is 3. The van der Waals surface area contributed by atoms with E-state index in [1.165, 1.54) is 6.07 Å². The Morgan fingerprint density at radius 1 is 1.25 bits per heavy atom. The SMILES string of the molecule is COc1cc2oc(C(=O)O)cc2c2c1CC[C@@H](c1ccccc1)O2. The maximum absolute atomic E-state index is 11.2. The number of carboxylic acids is 1. The summed E-state index contributed by atoms with van der Waals surface area (Å²) in [5, 5.41) is 9.85. The number of carboxylic acid groups (broad SMARTS) is 1. The highest BCUT2D eigenvalue weighted by atomic mass is 16.5. The quantitative estimate of drug-likeness (QED) is 0.781. The second kappa shape index (κ2) is 5.60. The smallest absolute Gasteiger partial charge is 0.371 e. The molecule has 2 heterocycles. The average Bonchev–Trinajstić information content (AvgIpc) is 3.06. The van der Waals surface area contributed by atoms with Gasteiger partial charge in [0.1, 0.15) is 23.2 Å². The van der Waals surface area contributed by atoms with E-state index in [4.69, 9.17) is 13.9 Å². The third-order valence-electron chi connectivity index (χ3n) is 4.36. The molecule has 0 fully saturated rings. The molecule has 1 aliphatic rings. The molecular weight excluding hydrogens is 308 g/mol. The molecular formula is C19H16O5. The van der Waals surface area contributed by atoms with E-state index in [-0.39, 0.29) is 11.9 Å². The predicted octanol–water partition coefficient (Wildman–Crippen LogP) is 4.21. The molecule has 4 rings (SSSR count). The predicted molar refractivity (Wildman–Crippen MR) is 87.9 cm³/mol. The Bertz CT molecular complexity index is 910. The zero-order valence-electron chi connectivity index (χ0n) is 13.1. The molecule has 0 saturated carbocycles. The Morgan fingerprint density at radius 3 is 2.75 bits per heavy atom. The molecule has 24 heavy (non-hydrogen) atoms. The summed E-state index contributed by atoms with van der Waals surface area (Å²) in [5.41, 5.74) is 2.51. The van der Waals surface area contributed by atoms with Crippen LogP contribution in [-0.2, 0) is 6.42 Å². The number of hydrogen-bond donors (Lipinski definition) is 1. The molecule has 0 unspecified atom stereocenters. The van der Waals surface area contributed by atoms with E-state index in [2.05, 4.69) is 0 Å². The molecule has 1 atom stereocenters. The number of carbonyl (C=O) groups is 1. The molecule has 3 aromatic rings. The van der Waals surface area contributed by atoms with Crippen LogP contribution in [0.5, 0.6) is 11.5 Å². The minimum atomic E-state index is -1.10. The summed E-state index contributed by atoms with van der Waals surface area (Å²) in [6, 6.07) is 13.2. The fraction of sp³-hybridized carbons (Fsp3) is 0.211. The average molecular weight is 324 g/mol. The van der Waals surface area contributed by atoms with E-state index >= 15 is 0 Å². The van der Waals surface area contributed by atoms with Crippen molar-refractivity contribution in [1.82, 2.24) is 0 Å². The van der Waals surface area contributed by atoms with Crippen LogP contribution in [0, 0.1) is 0 Å². The Balaban J connectivity index is 1.85. The van der Waals surface area contributed by atoms with Crippen LogP contribution in [0.3, 0.4) is 0 Å². The summed E-state index contributed by atoms with van der Waals surface area (Å²) < 4.78 is 17.1. The number of furan rings is 1. The molecule has 0 spiro atoms. The van der Waals surface area contributed by atoms with Gasteiger partial charge in [-0.3, -0.25) is 0 Å². The van der Waals surface area contributed by atoms with Crippen molar-refractivity contribution < 1.29 is 23.8 Å². The molecule has 1 aliphatic heterocycles. The Hall–Kier alpha value is -2.95. The maximum Gasteiger partial charge on any atom is 0.371 e. The lowest BCUT2D eigenvalue weighted by Gasteiger charge is -2.28. The number of methoxy groups -OCH3 is 1. The van der Waals surface area contributed by atoms with Crippen molar-refractivity contribution in [3.05, 3.63) is 59.4 Å². The molecule has 0 aliphatic carbocycles. The fourth-order valence-corrected chi connectivity index (χ4v) is 3.21. The number of hydrogen-bond acceptors (Lipinski definition) is 4. The highest BCUT2D eigenvalue weighted by molar-refractivity contribution is 5.95. The lowest BCUT2D eigenvalue weighted by atomic mass is 9.95. The molecule has 122 valence electrons. The molecule has 0 saturated heterocycles. The van der Waals surface area contributed by atoms with Gasteiger partial charge < -0.3 is 19.0 Å². The van der Waals surface area contributed by atoms with Crippen LogP contribution in [0.2, 0.25) is 0 Å². The van der Waals surface area contributed by atoms with E-state index in [9.17, 15) is 9.90 Å². The van der Waals surface area contributed by atoms with E-state index < -0.39 is 5.97 Å². The summed E-state index contributed by atoms with van der Waals surface area (Å²) in [6.45, 7) is 0. The van der Waals surface area contributed by atoms with Crippen LogP contribution >= 0.6 is 0 Å². The lowest BCUT2D eigenvalue weighted by Crippen LogP contribution is -2.16. The standard InChI is InChI=1S/C19H16O5/c1-22-15-10-16-13(9-17(23-16)19(20)21)18-12(15)7-8-14(24-18)11-5-3-2-4-6-11/h2-6,9-10,14H,7-8H2,1H3,(H,20,21)/t14-/m0/s1. The first-order valence-corrected chi connectivity index (χ1v) is 7.75. The number of fused-ring (bicyclic) bond motifs is 3. The van der Waals surface area contributed by atoms with Gasteiger partial charge in [0.25, 0.3) is 0 Å². The van der Waals surface area contributed by atoms with Crippen molar-refractivity contribution in [1.29, 1.82) is 0 Å². The van der Waals surface area contributed by atoms with Crippen LogP contribution in [0.15, 0.2) is 46.9 Å². The highest BCUT2D eigenvalue weighted by Crippen LogP contribution is 2.45. The van der Waals surface area contributed by atoms with Gasteiger partial charge in [-0.1, -0.05) is 30.3 Å². The second-order valence-corrected chi connectivity index (χ2v) is 5.77. The van der Waals surface area contributed by atoms with Crippen LogP contribution in [0.1, 0.15) is 34.2 Å². The summed E-state index contributed by atoms with van der Waals surface area (Å²) in [6.07, 6.45) is 1.56. The fourth-order valence-electron chi connectivity index (χ4n) is 3.21. The first-order chi connectivity index (χ1) is 11.7. The summed E-state index contributed by atoms with van der Waals surface area (Å²) >= 11 is 0. The zero-order valence-corrected chi connectivity index (χ0v) is 13.1. The summed E-state index contributed by atoms with van der Waals surface area (Å²) in [5.74, 6) is 0.108. The second-order valence-electron chi connectivity index (χ2n) is 5.77. The van der Waals surface area contributed by atoms with Crippen LogP contribution in [0.25, 0.3) is 11.0 Å². The highest BCUT2D eigenvalue weighted by Gasteiger charge is 2.28. The zero-order chi connectivity index (χ0) is 16.7. The van der Waals surface area contributed by atoms with Gasteiger partial charge in [-0.25, -0.2) is 4.79 Å². The maximum atomic E-state index is 11.2. The third-order valence-corrected chi connectivity index (χ3v) is 4.36. The van der Waals surface area contributed by atoms with Crippen molar-refractivity contribution in [2.75, 3.05) is 7.11 Å². The van der Waals surface area contributed by atoms with Gasteiger partial charge in [0.05, 0.1) is 12.5 Å². The summed E-state index contributed by atoms with van der Waals surface area (Å²) in [7, 11) is 1.59. The largest absolute Gasteiger partial charge is 0.496 e. The first kappa shape index (κ1) is 14.6. The summed E-state index contributed by atoms with van der Waals surface area (Å²) in [4.78, 5) is 11.2. The van der Waals surface area contributed by atoms with Crippen molar-refractivity contribution in [3.63, 3.8) is 0 Å². The van der Waals surface area contributed by atoms with E-state index in [0.717, 1.165) is 24.0 Å². The molecule has 1 N–H and O–H groups in total. The van der Waals surface area contributed by atoms with Gasteiger partial charge in [-0.05, 0) is 18.4 Å². The Kier molecular flexibility index (Phi) is 3.41. The van der Waals surface area contributed by atoms with Crippen LogP contribution < -0.4 is 9.47 Å². The van der Waals surface area contributed by atoms with Crippen LogP contribution in [0.4, 0.5) is 0 Å². The normalized spacial score (nSPS) is 16.5. The minimum Gasteiger partial charge on any atom is -0.496 e. The molecule has 1 aromatic heterocycles. The molecule has 0 radical (unpaired) electrons. The molecule has 0 bridgehead atoms. The lowest BCUT2D eigenvalue weighted by molar-refractivity contribution is 0.0665. The minimum absolute atomic E-state index is 0.0721. The van der Waals surface area contributed by atoms with E-state index in [0.29, 0.717) is 22.5 Å². The molecule has 2 aromatic carbocycles. The first-order valence-electron chi connectivity index (χ1n) is 7.75. The van der Waals surface area contributed by atoms with Crippen LogP contribution in [-0.4, -0.2) is 18.2 Å². The number of ether oxygens (including phenoxy) is 2. The van der Waals surface area contributed by atoms with E-state index in [1.807, 2.05) is 30.3 Å². The number of aromatic carboxylic acids is 1. The van der Waals surface area contributed by atoms with Gasteiger partial charge in [0.2, 0.25) is 5.76 Å². The topological polar surface area (TPSA) is 68.9 Å². The van der Waals surface area contributed by atoms with Crippen molar-refractivity contribution in [2.45, 2.75) is 18.9 Å². The Morgan fingerprint density at radius 2 is 2.04 bits per heavy atom. The van der Waals surface area contributed by atoms with E-state index in [1.54, 1.807) is 13.2 Å². The molecule has 0 amide bonds. The van der Waals surface area contributed by atoms with Crippen molar-refractivity contribution >= 4 is 16.9 Å². The third kappa shape index (κ3) is 2.29. The van der Waals surface area contributed by atoms with Gasteiger partial charge in [-0.2, -0.15) is 0 Å². The van der Waals surface area contributed by atoms with Crippen molar-refractivity contribution in [2.24, 2.45) is 0 Å². The molecule has 5 nitrogen and oxygen atoms in total. The van der Waals surface area contributed by atoms with Gasteiger partial charge >= 0.3 is 5.97 Å². The molecule has 5 heteroatoms. The monoisotopic (exact) mass is 324 g/mol. The van der Waals surface area contributed by atoms with Gasteiger partial charge in [0.15, 0.2) is 0 Å². The van der Waals surface area contributed by atoms with Gasteiger partial charge in [-0.15, -0.1) is 0 Å². The van der Waals surface area contributed by atoms with Crippen molar-refractivity contribution in [3.8, 4) is 11.5 Å².